The van der Waals surface area contributed by atoms with Crippen molar-refractivity contribution in [2.75, 3.05) is 11.6 Å². The van der Waals surface area contributed by atoms with E-state index in [9.17, 15) is 0 Å². The van der Waals surface area contributed by atoms with Gasteiger partial charge < -0.3 is 5.32 Å². The highest BCUT2D eigenvalue weighted by atomic mass is 32.2. The van der Waals surface area contributed by atoms with E-state index in [4.69, 9.17) is 0 Å². The zero-order valence-corrected chi connectivity index (χ0v) is 11.0. The number of aromatic nitrogens is 2. The minimum atomic E-state index is 0.817. The standard InChI is InChI=1S/C13H17N3S/c1-3-16-10-11(9-15-16)8-14-12-5-4-6-13(7-12)17-2/h4-7,9-10,14H,3,8H2,1-2H3. The molecule has 0 aliphatic rings. The molecule has 0 saturated carbocycles. The van der Waals surface area contributed by atoms with Gasteiger partial charge in [0, 0.05) is 35.4 Å². The molecule has 1 heterocycles. The van der Waals surface area contributed by atoms with Crippen molar-refractivity contribution >= 4 is 17.4 Å². The van der Waals surface area contributed by atoms with Gasteiger partial charge in [0.05, 0.1) is 6.20 Å². The highest BCUT2D eigenvalue weighted by molar-refractivity contribution is 7.98. The third kappa shape index (κ3) is 3.27. The molecule has 0 aliphatic carbocycles. The Bertz CT molecular complexity index is 479. The molecule has 0 atom stereocenters. The number of rotatable bonds is 5. The summed E-state index contributed by atoms with van der Waals surface area (Å²) in [5.41, 5.74) is 2.36. The minimum absolute atomic E-state index is 0.817. The van der Waals surface area contributed by atoms with Crippen molar-refractivity contribution in [1.82, 2.24) is 9.78 Å². The van der Waals surface area contributed by atoms with E-state index in [-0.39, 0.29) is 0 Å². The second kappa shape index (κ2) is 5.77. The van der Waals surface area contributed by atoms with Gasteiger partial charge in [-0.2, -0.15) is 5.10 Å². The van der Waals surface area contributed by atoms with Gasteiger partial charge in [-0.3, -0.25) is 4.68 Å². The first-order chi connectivity index (χ1) is 8.31. The molecule has 2 aromatic rings. The number of thioether (sulfide) groups is 1. The average molecular weight is 247 g/mol. The van der Waals surface area contributed by atoms with Gasteiger partial charge in [-0.15, -0.1) is 11.8 Å². The summed E-state index contributed by atoms with van der Waals surface area (Å²) in [6.07, 6.45) is 6.07. The van der Waals surface area contributed by atoms with Crippen LogP contribution in [0.1, 0.15) is 12.5 Å². The van der Waals surface area contributed by atoms with E-state index in [1.165, 1.54) is 10.5 Å². The second-order valence-corrected chi connectivity index (χ2v) is 4.67. The number of nitrogens with zero attached hydrogens (tertiary/aromatic N) is 2. The first-order valence-corrected chi connectivity index (χ1v) is 6.93. The fraction of sp³-hybridized carbons (Fsp3) is 0.308. The molecule has 0 saturated heterocycles. The molecular weight excluding hydrogens is 230 g/mol. The number of anilines is 1. The van der Waals surface area contributed by atoms with Gasteiger partial charge in [-0.25, -0.2) is 0 Å². The van der Waals surface area contributed by atoms with Crippen molar-refractivity contribution < 1.29 is 0 Å². The lowest BCUT2D eigenvalue weighted by Crippen LogP contribution is -1.98. The third-order valence-corrected chi connectivity index (χ3v) is 3.30. The van der Waals surface area contributed by atoms with E-state index >= 15 is 0 Å². The molecule has 0 spiro atoms. The summed E-state index contributed by atoms with van der Waals surface area (Å²) in [5.74, 6) is 0. The summed E-state index contributed by atoms with van der Waals surface area (Å²) in [4.78, 5) is 1.28. The number of hydrogen-bond donors (Lipinski definition) is 1. The zero-order valence-electron chi connectivity index (χ0n) is 10.2. The molecule has 0 amide bonds. The Morgan fingerprint density at radius 2 is 2.29 bits per heavy atom. The smallest absolute Gasteiger partial charge is 0.0539 e. The average Bonchev–Trinajstić information content (AvgIpc) is 2.84. The Morgan fingerprint density at radius 3 is 3.00 bits per heavy atom. The van der Waals surface area contributed by atoms with Gasteiger partial charge in [0.1, 0.15) is 0 Å². The summed E-state index contributed by atoms with van der Waals surface area (Å²) in [6.45, 7) is 3.83. The molecule has 0 unspecified atom stereocenters. The molecule has 1 aromatic heterocycles. The Hall–Kier alpha value is -1.42. The van der Waals surface area contributed by atoms with E-state index < -0.39 is 0 Å². The highest BCUT2D eigenvalue weighted by Gasteiger charge is 1.98. The van der Waals surface area contributed by atoms with E-state index in [1.54, 1.807) is 11.8 Å². The molecule has 1 aromatic carbocycles. The number of aryl methyl sites for hydroxylation is 1. The fourth-order valence-electron chi connectivity index (χ4n) is 1.61. The van der Waals surface area contributed by atoms with Crippen LogP contribution in [0.3, 0.4) is 0 Å². The van der Waals surface area contributed by atoms with Crippen molar-refractivity contribution in [3.8, 4) is 0 Å². The third-order valence-electron chi connectivity index (χ3n) is 2.58. The molecular formula is C13H17N3S. The van der Waals surface area contributed by atoms with Crippen molar-refractivity contribution in [3.05, 3.63) is 42.2 Å². The van der Waals surface area contributed by atoms with E-state index in [0.29, 0.717) is 0 Å². The van der Waals surface area contributed by atoms with Crippen LogP contribution in [0, 0.1) is 0 Å². The van der Waals surface area contributed by atoms with Crippen molar-refractivity contribution in [2.45, 2.75) is 24.9 Å². The summed E-state index contributed by atoms with van der Waals surface area (Å²) in [7, 11) is 0. The fourth-order valence-corrected chi connectivity index (χ4v) is 2.07. The second-order valence-electron chi connectivity index (χ2n) is 3.79. The topological polar surface area (TPSA) is 29.9 Å². The van der Waals surface area contributed by atoms with Crippen LogP contribution < -0.4 is 5.32 Å². The van der Waals surface area contributed by atoms with Crippen LogP contribution in [-0.4, -0.2) is 16.0 Å². The summed E-state index contributed by atoms with van der Waals surface area (Å²) in [6, 6.07) is 8.44. The van der Waals surface area contributed by atoms with Crippen LogP contribution in [-0.2, 0) is 13.1 Å². The molecule has 0 bridgehead atoms. The predicted octanol–water partition coefficient (Wildman–Crippen LogP) is 3.24. The lowest BCUT2D eigenvalue weighted by Gasteiger charge is -2.05. The molecule has 0 radical (unpaired) electrons. The van der Waals surface area contributed by atoms with Crippen molar-refractivity contribution in [3.63, 3.8) is 0 Å². The van der Waals surface area contributed by atoms with Crippen LogP contribution in [0.25, 0.3) is 0 Å². The van der Waals surface area contributed by atoms with Gasteiger partial charge in [0.15, 0.2) is 0 Å². The van der Waals surface area contributed by atoms with Crippen molar-refractivity contribution in [2.24, 2.45) is 0 Å². The lowest BCUT2D eigenvalue weighted by atomic mass is 10.3. The summed E-state index contributed by atoms with van der Waals surface area (Å²) < 4.78 is 1.94. The maximum Gasteiger partial charge on any atom is 0.0539 e. The molecule has 0 aliphatic heterocycles. The lowest BCUT2D eigenvalue weighted by molar-refractivity contribution is 0.659. The number of nitrogens with one attached hydrogen (secondary N) is 1. The van der Waals surface area contributed by atoms with E-state index in [2.05, 4.69) is 54.1 Å². The monoisotopic (exact) mass is 247 g/mol. The predicted molar refractivity (Wildman–Crippen MR) is 73.5 cm³/mol. The molecule has 17 heavy (non-hydrogen) atoms. The van der Waals surface area contributed by atoms with Gasteiger partial charge in [0.2, 0.25) is 0 Å². The molecule has 2 rings (SSSR count). The minimum Gasteiger partial charge on any atom is -0.381 e. The molecule has 4 heteroatoms. The highest BCUT2D eigenvalue weighted by Crippen LogP contribution is 2.19. The molecule has 1 N–H and O–H groups in total. The molecule has 0 fully saturated rings. The van der Waals surface area contributed by atoms with Gasteiger partial charge in [-0.1, -0.05) is 6.07 Å². The van der Waals surface area contributed by atoms with Gasteiger partial charge in [-0.05, 0) is 31.4 Å². The largest absolute Gasteiger partial charge is 0.381 e. The summed E-state index contributed by atoms with van der Waals surface area (Å²) >= 11 is 1.76. The maximum absolute atomic E-state index is 4.25. The van der Waals surface area contributed by atoms with Crippen LogP contribution in [0.15, 0.2) is 41.6 Å². The molecule has 90 valence electrons. The zero-order chi connectivity index (χ0) is 12.1. The van der Waals surface area contributed by atoms with E-state index in [1.807, 2.05) is 10.9 Å². The maximum atomic E-state index is 4.25. The van der Waals surface area contributed by atoms with Crippen LogP contribution in [0.2, 0.25) is 0 Å². The summed E-state index contributed by atoms with van der Waals surface area (Å²) in [5, 5.41) is 7.66. The van der Waals surface area contributed by atoms with Crippen LogP contribution >= 0.6 is 11.8 Å². The first kappa shape index (κ1) is 12.0. The van der Waals surface area contributed by atoms with Crippen LogP contribution in [0.4, 0.5) is 5.69 Å². The van der Waals surface area contributed by atoms with Crippen molar-refractivity contribution in [1.29, 1.82) is 0 Å². The van der Waals surface area contributed by atoms with E-state index in [0.717, 1.165) is 18.8 Å². The number of hydrogen-bond acceptors (Lipinski definition) is 3. The molecule has 3 nitrogen and oxygen atoms in total. The normalized spacial score (nSPS) is 10.5. The first-order valence-electron chi connectivity index (χ1n) is 5.71. The number of benzene rings is 1. The van der Waals surface area contributed by atoms with Crippen LogP contribution in [0.5, 0.6) is 0 Å². The Kier molecular flexibility index (Phi) is 4.09. The Morgan fingerprint density at radius 1 is 1.41 bits per heavy atom. The Labute approximate surface area is 106 Å². The quantitative estimate of drug-likeness (QED) is 0.823. The Balaban J connectivity index is 1.96. The van der Waals surface area contributed by atoms with Gasteiger partial charge in [0.25, 0.3) is 0 Å². The SMILES string of the molecule is CCn1cc(CNc2cccc(SC)c2)cn1. The van der Waals surface area contributed by atoms with Gasteiger partial charge >= 0.3 is 0 Å².